The third-order valence-electron chi connectivity index (χ3n) is 7.81. The van der Waals surface area contributed by atoms with Crippen LogP contribution in [0.15, 0.2) is 89.4 Å². The number of hydrogen-bond donors (Lipinski definition) is 0. The second-order valence-corrected chi connectivity index (χ2v) is 10.6. The van der Waals surface area contributed by atoms with Gasteiger partial charge in [0.25, 0.3) is 0 Å². The summed E-state index contributed by atoms with van der Waals surface area (Å²) < 4.78 is 17.4. The molecule has 3 aromatic rings. The Hall–Kier alpha value is -4.52. The first kappa shape index (κ1) is 29.0. The van der Waals surface area contributed by atoms with E-state index in [9.17, 15) is 14.4 Å². The fraction of sp³-hybridized carbons (Fsp3) is 0.314. The smallest absolute Gasteiger partial charge is 0.311 e. The fourth-order valence-corrected chi connectivity index (χ4v) is 5.88. The number of hydrogen-bond acceptors (Lipinski definition) is 7. The van der Waals surface area contributed by atoms with Crippen molar-refractivity contribution in [1.82, 2.24) is 0 Å². The molecule has 1 heterocycles. The Morgan fingerprint density at radius 3 is 2.33 bits per heavy atom. The molecule has 42 heavy (non-hydrogen) atoms. The van der Waals surface area contributed by atoms with E-state index in [4.69, 9.17) is 19.2 Å². The van der Waals surface area contributed by atoms with Crippen LogP contribution in [0.3, 0.4) is 0 Å². The highest BCUT2D eigenvalue weighted by Crippen LogP contribution is 2.45. The molecule has 0 saturated heterocycles. The maximum absolute atomic E-state index is 14.0. The Bertz CT molecular complexity index is 1510. The summed E-state index contributed by atoms with van der Waals surface area (Å²) in [6.07, 6.45) is 3.11. The van der Waals surface area contributed by atoms with Gasteiger partial charge in [0.05, 0.1) is 31.1 Å². The molecular weight excluding hydrogens is 530 g/mol. The average Bonchev–Trinajstić information content (AvgIpc) is 3.30. The van der Waals surface area contributed by atoms with Crippen LogP contribution in [-0.4, -0.2) is 43.0 Å². The minimum atomic E-state index is -0.548. The fourth-order valence-electron chi connectivity index (χ4n) is 5.88. The first-order valence-corrected chi connectivity index (χ1v) is 14.4. The Kier molecular flexibility index (Phi) is 8.96. The van der Waals surface area contributed by atoms with E-state index in [1.54, 1.807) is 19.1 Å². The van der Waals surface area contributed by atoms with Crippen molar-refractivity contribution >= 4 is 23.8 Å². The number of esters is 1. The number of ether oxygens (including phenoxy) is 3. The highest BCUT2D eigenvalue weighted by atomic mass is 16.5. The van der Waals surface area contributed by atoms with Crippen LogP contribution >= 0.6 is 0 Å². The van der Waals surface area contributed by atoms with Crippen molar-refractivity contribution in [2.75, 3.05) is 13.2 Å². The van der Waals surface area contributed by atoms with Crippen LogP contribution in [-0.2, 0) is 27.4 Å². The average molecular weight is 566 g/mol. The van der Waals surface area contributed by atoms with Crippen LogP contribution < -0.4 is 9.47 Å². The molecule has 216 valence electrons. The van der Waals surface area contributed by atoms with Gasteiger partial charge >= 0.3 is 5.97 Å². The van der Waals surface area contributed by atoms with Crippen LogP contribution in [0.1, 0.15) is 53.7 Å². The lowest BCUT2D eigenvalue weighted by Gasteiger charge is -2.36. The quantitative estimate of drug-likeness (QED) is 0.211. The van der Waals surface area contributed by atoms with Crippen molar-refractivity contribution in [2.45, 2.75) is 45.8 Å². The van der Waals surface area contributed by atoms with E-state index in [1.165, 1.54) is 0 Å². The molecule has 0 bridgehead atoms. The zero-order valence-electron chi connectivity index (χ0n) is 24.1. The van der Waals surface area contributed by atoms with Crippen LogP contribution in [0, 0.1) is 11.8 Å². The third-order valence-corrected chi connectivity index (χ3v) is 7.81. The number of carbonyl (C=O) groups is 3. The summed E-state index contributed by atoms with van der Waals surface area (Å²) in [6, 6.07) is 22.3. The van der Waals surface area contributed by atoms with Crippen LogP contribution in [0.4, 0.5) is 0 Å². The van der Waals surface area contributed by atoms with Gasteiger partial charge in [-0.05, 0) is 55.7 Å². The lowest BCUT2D eigenvalue weighted by atomic mass is 9.69. The first-order chi connectivity index (χ1) is 20.4. The number of ketones is 1. The van der Waals surface area contributed by atoms with Gasteiger partial charge in [0.1, 0.15) is 12.9 Å². The Morgan fingerprint density at radius 1 is 0.905 bits per heavy atom. The van der Waals surface area contributed by atoms with Gasteiger partial charge in [-0.3, -0.25) is 19.4 Å². The topological polar surface area (TPSA) is 91.3 Å². The van der Waals surface area contributed by atoms with Crippen molar-refractivity contribution in [1.29, 1.82) is 0 Å². The first-order valence-electron chi connectivity index (χ1n) is 14.4. The number of aldehydes is 1. The molecule has 4 unspecified atom stereocenters. The summed E-state index contributed by atoms with van der Waals surface area (Å²) in [4.78, 5) is 42.8. The molecule has 3 aromatic carbocycles. The highest BCUT2D eigenvalue weighted by molar-refractivity contribution is 6.25. The number of benzene rings is 3. The van der Waals surface area contributed by atoms with Crippen molar-refractivity contribution in [3.8, 4) is 11.5 Å². The van der Waals surface area contributed by atoms with Gasteiger partial charge in [-0.1, -0.05) is 60.7 Å². The summed E-state index contributed by atoms with van der Waals surface area (Å²) in [5.41, 5.74) is 4.77. The Morgan fingerprint density at radius 2 is 1.64 bits per heavy atom. The van der Waals surface area contributed by atoms with E-state index >= 15 is 0 Å². The molecule has 7 nitrogen and oxygen atoms in total. The van der Waals surface area contributed by atoms with Gasteiger partial charge in [0, 0.05) is 29.2 Å². The van der Waals surface area contributed by atoms with E-state index in [0.717, 1.165) is 28.7 Å². The van der Waals surface area contributed by atoms with E-state index < -0.39 is 11.8 Å². The zero-order valence-corrected chi connectivity index (χ0v) is 24.1. The lowest BCUT2D eigenvalue weighted by molar-refractivity contribution is -0.150. The molecule has 0 amide bonds. The summed E-state index contributed by atoms with van der Waals surface area (Å²) in [6.45, 7) is 6.67. The maximum atomic E-state index is 14.0. The number of Topliss-reactive ketones (excluding diaryl/α,β-unsaturated/α-hetero) is 1. The predicted octanol–water partition coefficient (Wildman–Crippen LogP) is 5.95. The monoisotopic (exact) mass is 565 g/mol. The molecule has 0 N–H and O–H groups in total. The number of carbonyl (C=O) groups excluding carboxylic acids is 3. The van der Waals surface area contributed by atoms with Gasteiger partial charge in [-0.25, -0.2) is 0 Å². The molecule has 0 spiro atoms. The van der Waals surface area contributed by atoms with Gasteiger partial charge in [0.15, 0.2) is 17.3 Å². The Balaban J connectivity index is 1.37. The number of allylic oxidation sites excluding steroid dienone is 2. The summed E-state index contributed by atoms with van der Waals surface area (Å²) in [5, 5.41) is 0. The second-order valence-electron chi connectivity index (χ2n) is 10.6. The summed E-state index contributed by atoms with van der Waals surface area (Å²) in [5.74, 6) is -0.579. The molecule has 0 saturated carbocycles. The van der Waals surface area contributed by atoms with E-state index in [-0.39, 0.29) is 30.3 Å². The SMILES string of the molecule is CCOC(=O)C1C(C)N=C2C=C(Cc3ccc(OCc4ccc(C=O)cc4)c(OCC)c3)C(=O)C2C1c1ccccc1. The van der Waals surface area contributed by atoms with Gasteiger partial charge < -0.3 is 14.2 Å². The molecular formula is C35H35NO6. The normalized spacial score (nSPS) is 21.2. The molecule has 0 radical (unpaired) electrons. The zero-order chi connectivity index (χ0) is 29.6. The Labute approximate surface area is 246 Å². The minimum Gasteiger partial charge on any atom is -0.490 e. The van der Waals surface area contributed by atoms with Crippen LogP contribution in [0.25, 0.3) is 0 Å². The number of rotatable bonds is 11. The predicted molar refractivity (Wildman–Crippen MR) is 160 cm³/mol. The number of aliphatic imine (C=N–C) groups is 1. The molecule has 0 aromatic heterocycles. The van der Waals surface area contributed by atoms with E-state index in [0.29, 0.717) is 42.3 Å². The standard InChI is InChI=1S/C35H35NO6/c1-4-40-30-18-25(15-16-29(30)42-21-24-13-11-23(20-37)12-14-24)17-27-19-28-33(34(27)38)32(26-9-7-6-8-10-26)31(22(3)36-28)35(39)41-5-2/h6-16,18-20,22,31-33H,4-5,17,21H2,1-3H3. The van der Waals surface area contributed by atoms with Crippen LogP contribution in [0.5, 0.6) is 11.5 Å². The molecule has 4 atom stereocenters. The molecule has 0 fully saturated rings. The number of fused-ring (bicyclic) bond motifs is 1. The minimum absolute atomic E-state index is 0.0131. The van der Waals surface area contributed by atoms with E-state index in [1.807, 2.05) is 80.6 Å². The maximum Gasteiger partial charge on any atom is 0.311 e. The summed E-state index contributed by atoms with van der Waals surface area (Å²) >= 11 is 0. The third kappa shape index (κ3) is 6.05. The number of nitrogens with zero attached hydrogens (tertiary/aromatic N) is 1. The van der Waals surface area contributed by atoms with Crippen LogP contribution in [0.2, 0.25) is 0 Å². The summed E-state index contributed by atoms with van der Waals surface area (Å²) in [7, 11) is 0. The largest absolute Gasteiger partial charge is 0.490 e. The highest BCUT2D eigenvalue weighted by Gasteiger charge is 2.50. The van der Waals surface area contributed by atoms with E-state index in [2.05, 4.69) is 0 Å². The van der Waals surface area contributed by atoms with Crippen molar-refractivity contribution in [3.63, 3.8) is 0 Å². The molecule has 7 heteroatoms. The van der Waals surface area contributed by atoms with Crippen molar-refractivity contribution in [2.24, 2.45) is 16.8 Å². The van der Waals surface area contributed by atoms with Crippen molar-refractivity contribution in [3.05, 3.63) is 107 Å². The molecule has 1 aliphatic carbocycles. The van der Waals surface area contributed by atoms with Gasteiger partial charge in [-0.2, -0.15) is 0 Å². The lowest BCUT2D eigenvalue weighted by Crippen LogP contribution is -2.43. The molecule has 5 rings (SSSR count). The van der Waals surface area contributed by atoms with Crippen molar-refractivity contribution < 1.29 is 28.6 Å². The molecule has 2 aliphatic rings. The van der Waals surface area contributed by atoms with Gasteiger partial charge in [-0.15, -0.1) is 0 Å². The molecule has 1 aliphatic heterocycles. The van der Waals surface area contributed by atoms with Gasteiger partial charge in [0.2, 0.25) is 0 Å². The second kappa shape index (κ2) is 13.0.